The maximum atomic E-state index is 13.1. The number of hydrogen-bond acceptors (Lipinski definition) is 6. The number of carbonyl (C=O) groups is 2. The molecular formula is C24H28F2N2O5S. The Labute approximate surface area is 199 Å². The zero-order valence-corrected chi connectivity index (χ0v) is 19.9. The summed E-state index contributed by atoms with van der Waals surface area (Å²) >= 11 is 1.05. The van der Waals surface area contributed by atoms with Gasteiger partial charge in [0.15, 0.2) is 0 Å². The lowest BCUT2D eigenvalue weighted by atomic mass is 9.86. The van der Waals surface area contributed by atoms with Crippen LogP contribution in [0, 0.1) is 5.92 Å². The number of benzene rings is 1. The average molecular weight is 495 g/mol. The van der Waals surface area contributed by atoms with Gasteiger partial charge in [-0.3, -0.25) is 14.2 Å². The minimum absolute atomic E-state index is 0.000635. The first kappa shape index (κ1) is 25.6. The van der Waals surface area contributed by atoms with Gasteiger partial charge in [-0.2, -0.15) is 8.78 Å². The molecule has 0 aliphatic heterocycles. The summed E-state index contributed by atoms with van der Waals surface area (Å²) in [4.78, 5) is 37.9. The number of aromatic nitrogens is 1. The number of rotatable bonds is 8. The SMILES string of the molecule is CCOC(=O)/C=c1\s/c(=C\c2ccc(OC(F)F)cc2)c(=O)n1CC(=O)N[C@@H]1CCCC[C@@H]1C. The molecule has 7 nitrogen and oxygen atoms in total. The van der Waals surface area contributed by atoms with Crippen LogP contribution in [0.5, 0.6) is 5.75 Å². The Hall–Kier alpha value is -3.01. The molecule has 34 heavy (non-hydrogen) atoms. The van der Waals surface area contributed by atoms with Gasteiger partial charge in [0, 0.05) is 6.04 Å². The number of ether oxygens (including phenoxy) is 2. The summed E-state index contributed by atoms with van der Waals surface area (Å²) in [6.45, 7) is 0.802. The lowest BCUT2D eigenvalue weighted by molar-refractivity contribution is -0.135. The van der Waals surface area contributed by atoms with Gasteiger partial charge in [-0.15, -0.1) is 11.3 Å². The van der Waals surface area contributed by atoms with E-state index in [2.05, 4.69) is 17.0 Å². The van der Waals surface area contributed by atoms with Crippen molar-refractivity contribution in [1.29, 1.82) is 0 Å². The van der Waals surface area contributed by atoms with Crippen LogP contribution < -0.4 is 24.8 Å². The van der Waals surface area contributed by atoms with Crippen molar-refractivity contribution in [3.63, 3.8) is 0 Å². The van der Waals surface area contributed by atoms with E-state index in [9.17, 15) is 23.2 Å². The molecule has 0 spiro atoms. The number of hydrogen-bond donors (Lipinski definition) is 1. The molecule has 1 aliphatic rings. The van der Waals surface area contributed by atoms with E-state index in [-0.39, 0.29) is 35.4 Å². The van der Waals surface area contributed by atoms with Crippen LogP contribution >= 0.6 is 11.3 Å². The van der Waals surface area contributed by atoms with Gasteiger partial charge in [0.25, 0.3) is 5.56 Å². The standard InChI is InChI=1S/C24H28F2N2O5S/c1-3-32-22(30)13-21-28(14-20(29)27-18-7-5-4-6-15(18)2)23(31)19(34-21)12-16-8-10-17(11-9-16)33-24(25)26/h8-13,15,18,24H,3-7,14H2,1-2H3,(H,27,29)/b19-12-,21-13-/t15-,18+/m0/s1. The van der Waals surface area contributed by atoms with E-state index in [1.165, 1.54) is 34.9 Å². The molecule has 184 valence electrons. The van der Waals surface area contributed by atoms with Crippen molar-refractivity contribution in [2.24, 2.45) is 5.92 Å². The van der Waals surface area contributed by atoms with E-state index < -0.39 is 18.1 Å². The minimum atomic E-state index is -2.93. The first-order valence-electron chi connectivity index (χ1n) is 11.2. The summed E-state index contributed by atoms with van der Waals surface area (Å²) in [5.41, 5.74) is 0.149. The summed E-state index contributed by atoms with van der Waals surface area (Å²) in [5, 5.41) is 3.02. The second kappa shape index (κ2) is 11.9. The van der Waals surface area contributed by atoms with Crippen LogP contribution in [0.25, 0.3) is 12.2 Å². The fraction of sp³-hybridized carbons (Fsp3) is 0.458. The van der Waals surface area contributed by atoms with E-state index in [0.29, 0.717) is 16.1 Å². The van der Waals surface area contributed by atoms with Crippen LogP contribution in [0.1, 0.15) is 45.1 Å². The molecule has 2 aromatic rings. The van der Waals surface area contributed by atoms with Crippen LogP contribution in [0.2, 0.25) is 0 Å². The van der Waals surface area contributed by atoms with E-state index in [4.69, 9.17) is 4.74 Å². The number of halogens is 2. The first-order valence-corrected chi connectivity index (χ1v) is 12.0. The van der Waals surface area contributed by atoms with Gasteiger partial charge in [-0.1, -0.05) is 31.9 Å². The summed E-state index contributed by atoms with van der Waals surface area (Å²) < 4.78 is 35.8. The van der Waals surface area contributed by atoms with Gasteiger partial charge in [0.05, 0.1) is 17.2 Å². The number of thiazole rings is 1. The highest BCUT2D eigenvalue weighted by molar-refractivity contribution is 7.07. The van der Waals surface area contributed by atoms with Gasteiger partial charge in [0.1, 0.15) is 17.0 Å². The van der Waals surface area contributed by atoms with Crippen molar-refractivity contribution >= 4 is 35.4 Å². The lowest BCUT2D eigenvalue weighted by Gasteiger charge is -2.29. The van der Waals surface area contributed by atoms with Crippen LogP contribution in [-0.4, -0.2) is 35.7 Å². The number of carbonyl (C=O) groups excluding carboxylic acids is 2. The molecule has 1 heterocycles. The maximum absolute atomic E-state index is 13.1. The molecule has 0 saturated heterocycles. The minimum Gasteiger partial charge on any atom is -0.463 e. The van der Waals surface area contributed by atoms with Crippen LogP contribution in [0.3, 0.4) is 0 Å². The van der Waals surface area contributed by atoms with Crippen LogP contribution in [0.15, 0.2) is 29.1 Å². The Morgan fingerprint density at radius 1 is 1.24 bits per heavy atom. The highest BCUT2D eigenvalue weighted by Gasteiger charge is 2.23. The first-order chi connectivity index (χ1) is 16.3. The van der Waals surface area contributed by atoms with Gasteiger partial charge in [-0.05, 0) is 49.5 Å². The smallest absolute Gasteiger partial charge is 0.387 e. The monoisotopic (exact) mass is 494 g/mol. The molecular weight excluding hydrogens is 466 g/mol. The molecule has 1 aromatic carbocycles. The molecule has 1 N–H and O–H groups in total. The fourth-order valence-corrected chi connectivity index (χ4v) is 4.93. The number of amides is 1. The van der Waals surface area contributed by atoms with Crippen molar-refractivity contribution < 1.29 is 27.8 Å². The van der Waals surface area contributed by atoms with Crippen LogP contribution in [-0.2, 0) is 20.9 Å². The zero-order chi connectivity index (χ0) is 24.7. The van der Waals surface area contributed by atoms with Crippen molar-refractivity contribution in [2.75, 3.05) is 6.61 Å². The Morgan fingerprint density at radius 3 is 2.59 bits per heavy atom. The largest absolute Gasteiger partial charge is 0.463 e. The molecule has 1 aromatic heterocycles. The number of nitrogens with one attached hydrogen (secondary N) is 1. The Bertz CT molecular complexity index is 1170. The Morgan fingerprint density at radius 2 is 1.94 bits per heavy atom. The van der Waals surface area contributed by atoms with E-state index in [1.54, 1.807) is 13.0 Å². The van der Waals surface area contributed by atoms with Gasteiger partial charge in [-0.25, -0.2) is 4.79 Å². The topological polar surface area (TPSA) is 86.6 Å². The van der Waals surface area contributed by atoms with Gasteiger partial charge >= 0.3 is 12.6 Å². The predicted octanol–water partition coefficient (Wildman–Crippen LogP) is 2.38. The molecule has 1 aliphatic carbocycles. The predicted molar refractivity (Wildman–Crippen MR) is 125 cm³/mol. The number of alkyl halides is 2. The van der Waals surface area contributed by atoms with Crippen molar-refractivity contribution in [3.8, 4) is 5.75 Å². The number of nitrogens with zero attached hydrogens (tertiary/aromatic N) is 1. The highest BCUT2D eigenvalue weighted by atomic mass is 32.1. The maximum Gasteiger partial charge on any atom is 0.387 e. The quantitative estimate of drug-likeness (QED) is 0.570. The van der Waals surface area contributed by atoms with Crippen molar-refractivity contribution in [2.45, 2.75) is 58.7 Å². The van der Waals surface area contributed by atoms with Crippen LogP contribution in [0.4, 0.5) is 8.78 Å². The summed E-state index contributed by atoms with van der Waals surface area (Å²) in [6, 6.07) is 5.87. The zero-order valence-electron chi connectivity index (χ0n) is 19.1. The third kappa shape index (κ3) is 6.99. The molecule has 0 radical (unpaired) electrons. The van der Waals surface area contributed by atoms with Gasteiger partial charge in [0.2, 0.25) is 5.91 Å². The third-order valence-electron chi connectivity index (χ3n) is 5.63. The summed E-state index contributed by atoms with van der Waals surface area (Å²) in [6.07, 6.45) is 6.91. The number of esters is 1. The lowest BCUT2D eigenvalue weighted by Crippen LogP contribution is -2.45. The highest BCUT2D eigenvalue weighted by Crippen LogP contribution is 2.23. The molecule has 0 unspecified atom stereocenters. The Balaban J connectivity index is 1.91. The van der Waals surface area contributed by atoms with E-state index in [1.807, 2.05) is 0 Å². The summed E-state index contributed by atoms with van der Waals surface area (Å²) in [7, 11) is 0. The Kier molecular flexibility index (Phi) is 8.98. The molecule has 1 saturated carbocycles. The fourth-order valence-electron chi connectivity index (χ4n) is 3.90. The summed E-state index contributed by atoms with van der Waals surface area (Å²) in [5.74, 6) is -0.542. The van der Waals surface area contributed by atoms with E-state index in [0.717, 1.165) is 37.0 Å². The average Bonchev–Trinajstić information content (AvgIpc) is 3.05. The second-order valence-corrected chi connectivity index (χ2v) is 9.18. The molecule has 1 amide bonds. The molecule has 2 atom stereocenters. The van der Waals surface area contributed by atoms with Gasteiger partial charge < -0.3 is 14.8 Å². The molecule has 10 heteroatoms. The molecule has 3 rings (SSSR count). The third-order valence-corrected chi connectivity index (χ3v) is 6.69. The normalized spacial score (nSPS) is 19.3. The van der Waals surface area contributed by atoms with Crippen molar-refractivity contribution in [3.05, 3.63) is 49.4 Å². The van der Waals surface area contributed by atoms with Crippen molar-refractivity contribution in [1.82, 2.24) is 9.88 Å². The molecule has 1 fully saturated rings. The molecule has 0 bridgehead atoms. The van der Waals surface area contributed by atoms with E-state index >= 15 is 0 Å². The second-order valence-electron chi connectivity index (χ2n) is 8.12.